The van der Waals surface area contributed by atoms with Crippen LogP contribution in [0.2, 0.25) is 0 Å². The van der Waals surface area contributed by atoms with Gasteiger partial charge in [0.25, 0.3) is 11.8 Å². The molecule has 25 heavy (non-hydrogen) atoms. The van der Waals surface area contributed by atoms with Gasteiger partial charge in [0.05, 0.1) is 17.7 Å². The number of halogens is 2. The number of aromatic nitrogens is 1. The molecule has 1 aliphatic carbocycles. The molecule has 136 valence electrons. The predicted molar refractivity (Wildman–Crippen MR) is 83.1 cm³/mol. The van der Waals surface area contributed by atoms with Crippen molar-refractivity contribution in [2.24, 2.45) is 11.3 Å². The summed E-state index contributed by atoms with van der Waals surface area (Å²) < 4.78 is 33.7. The van der Waals surface area contributed by atoms with Crippen LogP contribution in [0, 0.1) is 18.3 Å². The number of alkyl halides is 2. The van der Waals surface area contributed by atoms with Crippen molar-refractivity contribution in [3.05, 3.63) is 17.5 Å². The molecule has 1 aromatic rings. The van der Waals surface area contributed by atoms with E-state index in [1.54, 1.807) is 11.8 Å². The summed E-state index contributed by atoms with van der Waals surface area (Å²) in [6.07, 6.45) is 2.08. The number of carbonyl (C=O) groups is 2. The fourth-order valence-electron chi connectivity index (χ4n) is 4.06. The van der Waals surface area contributed by atoms with Crippen molar-refractivity contribution in [2.75, 3.05) is 26.2 Å². The Labute approximate surface area is 144 Å². The van der Waals surface area contributed by atoms with Gasteiger partial charge in [0.1, 0.15) is 0 Å². The van der Waals surface area contributed by atoms with E-state index in [0.717, 1.165) is 17.7 Å². The average Bonchev–Trinajstić information content (AvgIpc) is 3.19. The van der Waals surface area contributed by atoms with Crippen LogP contribution in [0.3, 0.4) is 0 Å². The molecule has 2 amide bonds. The number of aryl methyl sites for hydroxylation is 1. The van der Waals surface area contributed by atoms with Gasteiger partial charge in [-0.15, -0.1) is 0 Å². The van der Waals surface area contributed by atoms with Crippen LogP contribution in [-0.2, 0) is 4.79 Å². The minimum absolute atomic E-state index is 0.0151. The molecule has 3 fully saturated rings. The molecule has 2 aliphatic heterocycles. The number of hydrogen-bond acceptors (Lipinski definition) is 4. The fraction of sp³-hybridized carbons (Fsp3) is 0.706. The lowest BCUT2D eigenvalue weighted by atomic mass is 9.77. The maximum Gasteiger partial charge on any atom is 0.292 e. The summed E-state index contributed by atoms with van der Waals surface area (Å²) >= 11 is 0. The summed E-state index contributed by atoms with van der Waals surface area (Å²) in [5, 5.41) is 3.64. The topological polar surface area (TPSA) is 66.7 Å². The van der Waals surface area contributed by atoms with E-state index in [1.165, 1.54) is 6.07 Å². The van der Waals surface area contributed by atoms with Crippen LogP contribution in [0.25, 0.3) is 0 Å². The summed E-state index contributed by atoms with van der Waals surface area (Å²) in [7, 11) is 0. The van der Waals surface area contributed by atoms with Crippen LogP contribution in [0.15, 0.2) is 10.6 Å². The number of likely N-dealkylation sites (tertiary alicyclic amines) is 2. The predicted octanol–water partition coefficient (Wildman–Crippen LogP) is 2.09. The lowest BCUT2D eigenvalue weighted by Gasteiger charge is -2.42. The van der Waals surface area contributed by atoms with Crippen molar-refractivity contribution in [2.45, 2.75) is 38.5 Å². The number of nitrogens with zero attached hydrogens (tertiary/aromatic N) is 3. The third kappa shape index (κ3) is 3.02. The Morgan fingerprint density at radius 1 is 1.40 bits per heavy atom. The molecule has 1 saturated carbocycles. The highest BCUT2D eigenvalue weighted by Crippen LogP contribution is 2.46. The number of rotatable bonds is 3. The summed E-state index contributed by atoms with van der Waals surface area (Å²) in [6, 6.07) is 1.43. The standard InChI is InChI=1S/C17H21F2N3O3/c1-11-6-13(25-20-11)14(23)22-9-16(8-17(18,19)10-22)4-5-21(15(16)24)7-12-2-3-12/h6,12H,2-5,7-10H2,1H3. The molecule has 1 aromatic heterocycles. The van der Waals surface area contributed by atoms with Crippen LogP contribution >= 0.6 is 0 Å². The molecule has 0 bridgehead atoms. The molecule has 0 aromatic carbocycles. The normalized spacial score (nSPS) is 28.8. The third-order valence-electron chi connectivity index (χ3n) is 5.42. The first-order chi connectivity index (χ1) is 11.8. The molecule has 6 nitrogen and oxygen atoms in total. The molecule has 3 heterocycles. The second-order valence-electron chi connectivity index (χ2n) is 7.75. The molecule has 2 saturated heterocycles. The zero-order valence-corrected chi connectivity index (χ0v) is 14.1. The summed E-state index contributed by atoms with van der Waals surface area (Å²) in [4.78, 5) is 28.2. The van der Waals surface area contributed by atoms with E-state index in [4.69, 9.17) is 4.52 Å². The van der Waals surface area contributed by atoms with Crippen molar-refractivity contribution < 1.29 is 22.9 Å². The Kier molecular flexibility index (Phi) is 3.63. The first-order valence-corrected chi connectivity index (χ1v) is 8.68. The van der Waals surface area contributed by atoms with Crippen molar-refractivity contribution in [1.29, 1.82) is 0 Å². The van der Waals surface area contributed by atoms with E-state index in [9.17, 15) is 18.4 Å². The molecule has 1 spiro atoms. The van der Waals surface area contributed by atoms with E-state index < -0.39 is 30.2 Å². The van der Waals surface area contributed by atoms with E-state index in [2.05, 4.69) is 5.16 Å². The molecule has 0 radical (unpaired) electrons. The number of hydrogen-bond donors (Lipinski definition) is 0. The van der Waals surface area contributed by atoms with Gasteiger partial charge in [0.2, 0.25) is 11.7 Å². The van der Waals surface area contributed by atoms with Crippen LogP contribution in [-0.4, -0.2) is 58.9 Å². The van der Waals surface area contributed by atoms with Crippen molar-refractivity contribution in [1.82, 2.24) is 15.0 Å². The van der Waals surface area contributed by atoms with Gasteiger partial charge in [-0.25, -0.2) is 8.78 Å². The molecule has 4 rings (SSSR count). The lowest BCUT2D eigenvalue weighted by Crippen LogP contribution is -2.57. The van der Waals surface area contributed by atoms with Crippen molar-refractivity contribution in [3.8, 4) is 0 Å². The number of amides is 2. The Balaban J connectivity index is 1.56. The van der Waals surface area contributed by atoms with Gasteiger partial charge in [-0.2, -0.15) is 0 Å². The molecule has 1 unspecified atom stereocenters. The monoisotopic (exact) mass is 353 g/mol. The molecule has 1 atom stereocenters. The molecular weight excluding hydrogens is 332 g/mol. The van der Waals surface area contributed by atoms with Crippen molar-refractivity contribution in [3.63, 3.8) is 0 Å². The summed E-state index contributed by atoms with van der Waals surface area (Å²) in [6.45, 7) is 2.13. The molecular formula is C17H21F2N3O3. The number of carbonyl (C=O) groups excluding carboxylic acids is 2. The zero-order chi connectivity index (χ0) is 17.8. The maximum atomic E-state index is 14.4. The van der Waals surface area contributed by atoms with Gasteiger partial charge in [0, 0.05) is 32.1 Å². The number of piperidine rings is 1. The third-order valence-corrected chi connectivity index (χ3v) is 5.42. The minimum Gasteiger partial charge on any atom is -0.351 e. The van der Waals surface area contributed by atoms with Crippen molar-refractivity contribution >= 4 is 11.8 Å². The average molecular weight is 353 g/mol. The van der Waals surface area contributed by atoms with Gasteiger partial charge in [-0.05, 0) is 32.1 Å². The minimum atomic E-state index is -3.09. The van der Waals surface area contributed by atoms with Crippen LogP contribution in [0.1, 0.15) is 41.9 Å². The Hall–Kier alpha value is -1.99. The quantitative estimate of drug-likeness (QED) is 0.835. The summed E-state index contributed by atoms with van der Waals surface area (Å²) in [5.74, 6) is -3.50. The molecule has 3 aliphatic rings. The maximum absolute atomic E-state index is 14.4. The zero-order valence-electron chi connectivity index (χ0n) is 14.1. The highest BCUT2D eigenvalue weighted by Gasteiger charge is 2.58. The Morgan fingerprint density at radius 2 is 2.16 bits per heavy atom. The van der Waals surface area contributed by atoms with Gasteiger partial charge >= 0.3 is 0 Å². The van der Waals surface area contributed by atoms with E-state index in [-0.39, 0.29) is 18.2 Å². The van der Waals surface area contributed by atoms with E-state index >= 15 is 0 Å². The van der Waals surface area contributed by atoms with Crippen LogP contribution in [0.5, 0.6) is 0 Å². The fourth-order valence-corrected chi connectivity index (χ4v) is 4.06. The van der Waals surface area contributed by atoms with E-state index in [0.29, 0.717) is 31.1 Å². The Morgan fingerprint density at radius 3 is 2.80 bits per heavy atom. The van der Waals surface area contributed by atoms with E-state index in [1.807, 2.05) is 0 Å². The molecule has 8 heteroatoms. The Bertz CT molecular complexity index is 716. The molecule has 0 N–H and O–H groups in total. The SMILES string of the molecule is Cc1cc(C(=O)N2CC(F)(F)CC3(CCN(CC4CC4)C3=O)C2)on1. The van der Waals surface area contributed by atoms with Gasteiger partial charge in [0.15, 0.2) is 0 Å². The van der Waals surface area contributed by atoms with Crippen LogP contribution < -0.4 is 0 Å². The first kappa shape index (κ1) is 16.5. The summed E-state index contributed by atoms with van der Waals surface area (Å²) in [5.41, 5.74) is -0.671. The van der Waals surface area contributed by atoms with Gasteiger partial charge in [-0.3, -0.25) is 9.59 Å². The highest BCUT2D eigenvalue weighted by molar-refractivity contribution is 5.93. The largest absolute Gasteiger partial charge is 0.351 e. The van der Waals surface area contributed by atoms with Gasteiger partial charge < -0.3 is 14.3 Å². The first-order valence-electron chi connectivity index (χ1n) is 8.68. The second kappa shape index (κ2) is 5.51. The van der Waals surface area contributed by atoms with Gasteiger partial charge in [-0.1, -0.05) is 5.16 Å². The lowest BCUT2D eigenvalue weighted by molar-refractivity contribution is -0.151. The second-order valence-corrected chi connectivity index (χ2v) is 7.75. The smallest absolute Gasteiger partial charge is 0.292 e. The highest BCUT2D eigenvalue weighted by atomic mass is 19.3. The van der Waals surface area contributed by atoms with Crippen LogP contribution in [0.4, 0.5) is 8.78 Å².